The Labute approximate surface area is 95.1 Å². The van der Waals surface area contributed by atoms with Crippen LogP contribution in [0.1, 0.15) is 12.5 Å². The number of likely N-dealkylation sites (N-methyl/N-ethyl adjacent to an activating group) is 1. The molecule has 1 aromatic rings. The number of rotatable bonds is 3. The molecule has 0 aliphatic carbocycles. The van der Waals surface area contributed by atoms with Crippen LogP contribution in [0, 0.1) is 0 Å². The molecule has 3 nitrogen and oxygen atoms in total. The Kier molecular flexibility index (Phi) is 2.79. The maximum atomic E-state index is 11.8. The summed E-state index contributed by atoms with van der Waals surface area (Å²) in [5.41, 5.74) is 0.176. The maximum absolute atomic E-state index is 11.8. The van der Waals surface area contributed by atoms with Crippen LogP contribution in [0.3, 0.4) is 0 Å². The zero-order valence-corrected chi connectivity index (χ0v) is 9.49. The highest BCUT2D eigenvalue weighted by Crippen LogP contribution is 2.30. The smallest absolute Gasteiger partial charge is 0.203 e. The van der Waals surface area contributed by atoms with Gasteiger partial charge in [0.2, 0.25) is 5.78 Å². The number of hydrogen-bond donors (Lipinski definition) is 1. The van der Waals surface area contributed by atoms with Crippen molar-refractivity contribution in [3.05, 3.63) is 42.0 Å². The third kappa shape index (κ3) is 1.86. The van der Waals surface area contributed by atoms with E-state index in [2.05, 4.69) is 5.32 Å². The zero-order chi connectivity index (χ0) is 11.6. The second-order valence-electron chi connectivity index (χ2n) is 4.10. The van der Waals surface area contributed by atoms with Gasteiger partial charge < -0.3 is 10.1 Å². The summed E-state index contributed by atoms with van der Waals surface area (Å²) in [6, 6.07) is 9.66. The molecule has 0 aromatic heterocycles. The Hall–Kier alpha value is -1.61. The lowest BCUT2D eigenvalue weighted by atomic mass is 10.0. The first kappa shape index (κ1) is 10.9. The van der Waals surface area contributed by atoms with E-state index in [-0.39, 0.29) is 5.78 Å². The second-order valence-corrected chi connectivity index (χ2v) is 4.10. The summed E-state index contributed by atoms with van der Waals surface area (Å²) in [7, 11) is 1.81. The van der Waals surface area contributed by atoms with Gasteiger partial charge in [-0.3, -0.25) is 4.79 Å². The quantitative estimate of drug-likeness (QED) is 0.835. The van der Waals surface area contributed by atoms with Gasteiger partial charge in [0.25, 0.3) is 0 Å². The number of carbonyl (C=O) groups excluding carboxylic acids is 1. The molecule has 0 fully saturated rings. The molecule has 0 saturated heterocycles. The van der Waals surface area contributed by atoms with E-state index in [0.29, 0.717) is 12.3 Å². The first-order valence-corrected chi connectivity index (χ1v) is 5.31. The predicted octanol–water partition coefficient (Wildman–Crippen LogP) is 1.60. The molecule has 84 valence electrons. The highest BCUT2D eigenvalue weighted by atomic mass is 16.5. The molecule has 16 heavy (non-hydrogen) atoms. The van der Waals surface area contributed by atoms with Gasteiger partial charge in [0.15, 0.2) is 5.60 Å². The summed E-state index contributed by atoms with van der Waals surface area (Å²) >= 11 is 0. The molecule has 1 heterocycles. The van der Waals surface area contributed by atoms with E-state index in [1.807, 2.05) is 37.4 Å². The van der Waals surface area contributed by atoms with Gasteiger partial charge in [0, 0.05) is 18.2 Å². The van der Waals surface area contributed by atoms with Gasteiger partial charge in [0.1, 0.15) is 5.76 Å². The van der Waals surface area contributed by atoms with Crippen molar-refractivity contribution >= 4 is 11.5 Å². The standard InChI is InChI=1S/C13H15NO2/c1-13(9-14-2)12(15)8-11(16-13)10-6-4-3-5-7-10/h3-8,14H,9H2,1-2H3. The number of nitrogens with one attached hydrogen (secondary N) is 1. The molecule has 0 amide bonds. The third-order valence-electron chi connectivity index (χ3n) is 2.69. The van der Waals surface area contributed by atoms with Crippen molar-refractivity contribution in [2.45, 2.75) is 12.5 Å². The van der Waals surface area contributed by atoms with E-state index in [0.717, 1.165) is 5.56 Å². The SMILES string of the molecule is CNCC1(C)OC(c2ccccc2)=CC1=O. The average Bonchev–Trinajstić information content (AvgIpc) is 2.57. The van der Waals surface area contributed by atoms with Crippen LogP contribution >= 0.6 is 0 Å². The van der Waals surface area contributed by atoms with E-state index in [1.165, 1.54) is 0 Å². The highest BCUT2D eigenvalue weighted by Gasteiger charge is 2.39. The fourth-order valence-electron chi connectivity index (χ4n) is 1.80. The zero-order valence-electron chi connectivity index (χ0n) is 9.49. The number of carbonyl (C=O) groups is 1. The van der Waals surface area contributed by atoms with Crippen molar-refractivity contribution in [1.82, 2.24) is 5.32 Å². The molecular weight excluding hydrogens is 202 g/mol. The Balaban J connectivity index is 2.23. The van der Waals surface area contributed by atoms with Crippen LogP contribution in [0.25, 0.3) is 5.76 Å². The van der Waals surface area contributed by atoms with Crippen LogP contribution in [0.2, 0.25) is 0 Å². The molecule has 3 heteroatoms. The summed E-state index contributed by atoms with van der Waals surface area (Å²) in [6.07, 6.45) is 1.58. The summed E-state index contributed by atoms with van der Waals surface area (Å²) in [5.74, 6) is 0.670. The van der Waals surface area contributed by atoms with Crippen molar-refractivity contribution in [2.24, 2.45) is 0 Å². The average molecular weight is 217 g/mol. The lowest BCUT2D eigenvalue weighted by Gasteiger charge is -2.23. The van der Waals surface area contributed by atoms with Crippen LogP contribution in [-0.2, 0) is 9.53 Å². The first-order valence-electron chi connectivity index (χ1n) is 5.31. The van der Waals surface area contributed by atoms with Crippen molar-refractivity contribution in [1.29, 1.82) is 0 Å². The molecular formula is C13H15NO2. The van der Waals surface area contributed by atoms with Gasteiger partial charge >= 0.3 is 0 Å². The van der Waals surface area contributed by atoms with E-state index in [4.69, 9.17) is 4.74 Å². The van der Waals surface area contributed by atoms with Gasteiger partial charge in [0.05, 0.1) is 0 Å². The Morgan fingerprint density at radius 2 is 2.00 bits per heavy atom. The lowest BCUT2D eigenvalue weighted by Crippen LogP contribution is -2.42. The maximum Gasteiger partial charge on any atom is 0.203 e. The summed E-state index contributed by atoms with van der Waals surface area (Å²) in [6.45, 7) is 2.32. The Bertz CT molecular complexity index is 425. The molecule has 0 saturated carbocycles. The van der Waals surface area contributed by atoms with Crippen LogP contribution < -0.4 is 5.32 Å². The van der Waals surface area contributed by atoms with Gasteiger partial charge in [-0.05, 0) is 14.0 Å². The predicted molar refractivity (Wildman–Crippen MR) is 62.8 cm³/mol. The molecule has 1 atom stereocenters. The number of ether oxygens (including phenoxy) is 1. The van der Waals surface area contributed by atoms with Gasteiger partial charge in [-0.2, -0.15) is 0 Å². The van der Waals surface area contributed by atoms with Crippen LogP contribution in [0.5, 0.6) is 0 Å². The number of benzene rings is 1. The van der Waals surface area contributed by atoms with Crippen LogP contribution in [0.15, 0.2) is 36.4 Å². The van der Waals surface area contributed by atoms with Gasteiger partial charge in [-0.15, -0.1) is 0 Å². The van der Waals surface area contributed by atoms with Crippen molar-refractivity contribution in [3.63, 3.8) is 0 Å². The van der Waals surface area contributed by atoms with Crippen molar-refractivity contribution < 1.29 is 9.53 Å². The normalized spacial score (nSPS) is 24.1. The van der Waals surface area contributed by atoms with Gasteiger partial charge in [-0.25, -0.2) is 0 Å². The molecule has 1 aliphatic rings. The molecule has 1 unspecified atom stereocenters. The topological polar surface area (TPSA) is 38.3 Å². The monoisotopic (exact) mass is 217 g/mol. The molecule has 0 bridgehead atoms. The largest absolute Gasteiger partial charge is 0.477 e. The van der Waals surface area contributed by atoms with E-state index < -0.39 is 5.60 Å². The molecule has 2 rings (SSSR count). The second kappa shape index (κ2) is 4.10. The fourth-order valence-corrected chi connectivity index (χ4v) is 1.80. The van der Waals surface area contributed by atoms with E-state index >= 15 is 0 Å². The minimum atomic E-state index is -0.764. The Morgan fingerprint density at radius 3 is 2.62 bits per heavy atom. The minimum Gasteiger partial charge on any atom is -0.477 e. The van der Waals surface area contributed by atoms with Gasteiger partial charge in [-0.1, -0.05) is 30.3 Å². The molecule has 1 aromatic carbocycles. The molecule has 1 N–H and O–H groups in total. The van der Waals surface area contributed by atoms with E-state index in [1.54, 1.807) is 13.0 Å². The first-order chi connectivity index (χ1) is 7.65. The summed E-state index contributed by atoms with van der Waals surface area (Å²) in [4.78, 5) is 11.8. The van der Waals surface area contributed by atoms with Crippen LogP contribution in [0.4, 0.5) is 0 Å². The minimum absolute atomic E-state index is 0.0145. The third-order valence-corrected chi connectivity index (χ3v) is 2.69. The molecule has 0 spiro atoms. The summed E-state index contributed by atoms with van der Waals surface area (Å²) in [5, 5.41) is 2.97. The number of ketones is 1. The van der Waals surface area contributed by atoms with Crippen molar-refractivity contribution in [2.75, 3.05) is 13.6 Å². The lowest BCUT2D eigenvalue weighted by molar-refractivity contribution is -0.126. The molecule has 0 radical (unpaired) electrons. The highest BCUT2D eigenvalue weighted by molar-refractivity contribution is 6.05. The van der Waals surface area contributed by atoms with Crippen LogP contribution in [-0.4, -0.2) is 25.0 Å². The Morgan fingerprint density at radius 1 is 1.31 bits per heavy atom. The van der Waals surface area contributed by atoms with E-state index in [9.17, 15) is 4.79 Å². The summed E-state index contributed by atoms with van der Waals surface area (Å²) < 4.78 is 5.74. The fraction of sp³-hybridized carbons (Fsp3) is 0.308. The molecule has 1 aliphatic heterocycles. The number of hydrogen-bond acceptors (Lipinski definition) is 3. The van der Waals surface area contributed by atoms with Crippen molar-refractivity contribution in [3.8, 4) is 0 Å².